The third kappa shape index (κ3) is 64.3. The molecule has 0 radical (unpaired) electrons. The number of nitrogens with zero attached hydrogens (tertiary/aromatic N) is 5. The van der Waals surface area contributed by atoms with Gasteiger partial charge in [-0.1, -0.05) is 145 Å². The van der Waals surface area contributed by atoms with Crippen molar-refractivity contribution in [3.63, 3.8) is 0 Å². The van der Waals surface area contributed by atoms with Crippen LogP contribution in [0.25, 0.3) is 0 Å². The van der Waals surface area contributed by atoms with Crippen LogP contribution in [-0.2, 0) is 90.8 Å². The summed E-state index contributed by atoms with van der Waals surface area (Å²) < 4.78 is 26.4. The number of carbonyl (C=O) groups excluding carboxylic acids is 12. The highest BCUT2D eigenvalue weighted by Gasteiger charge is 2.38. The number of carbonyl (C=O) groups is 14. The normalized spacial score (nSPS) is 20.1. The number of amides is 8. The summed E-state index contributed by atoms with van der Waals surface area (Å²) in [5.41, 5.74) is 21.6. The van der Waals surface area contributed by atoms with Crippen LogP contribution >= 0.6 is 36.6 Å². The lowest BCUT2D eigenvalue weighted by Crippen LogP contribution is -2.45. The van der Waals surface area contributed by atoms with Crippen molar-refractivity contribution < 1.29 is 101 Å². The predicted molar refractivity (Wildman–Crippen MR) is 520 cm³/mol. The van der Waals surface area contributed by atoms with Gasteiger partial charge in [-0.05, 0) is 171 Å². The van der Waals surface area contributed by atoms with E-state index < -0.39 is 36.0 Å². The van der Waals surface area contributed by atoms with Gasteiger partial charge in [-0.25, -0.2) is 9.59 Å². The Balaban J connectivity index is -0.000000183. The van der Waals surface area contributed by atoms with E-state index in [2.05, 4.69) is 134 Å². The van der Waals surface area contributed by atoms with Crippen molar-refractivity contribution in [1.82, 2.24) is 36.4 Å². The van der Waals surface area contributed by atoms with E-state index in [1.807, 2.05) is 34.6 Å². The molecule has 5 aliphatic heterocycles. The molecule has 5 aliphatic rings. The number of ether oxygens (including phenoxy) is 5. The lowest BCUT2D eigenvalue weighted by atomic mass is 9.92. The van der Waals surface area contributed by atoms with Crippen LogP contribution in [-0.4, -0.2) is 214 Å². The molecular formula is C93H169Cl3N14O21. The number of methoxy groups -OCH3 is 4. The second-order valence-corrected chi connectivity index (χ2v) is 33.7. The molecule has 0 aromatic heterocycles. The molecule has 5 saturated heterocycles. The first kappa shape index (κ1) is 140. The second kappa shape index (κ2) is 81.5. The van der Waals surface area contributed by atoms with Gasteiger partial charge in [-0.3, -0.25) is 57.5 Å². The number of halogens is 3. The summed E-state index contributed by atoms with van der Waals surface area (Å²) >= 11 is 4.55. The summed E-state index contributed by atoms with van der Waals surface area (Å²) in [6, 6.07) is -1.47. The molecule has 35 nitrogen and oxygen atoms in total. The predicted octanol–water partition coefficient (Wildman–Crippen LogP) is 13.7. The van der Waals surface area contributed by atoms with Gasteiger partial charge in [0.25, 0.3) is 0 Å². The minimum atomic E-state index is -0.944. The van der Waals surface area contributed by atoms with E-state index in [4.69, 9.17) is 42.4 Å². The Kier molecular flexibility index (Phi) is 86.8. The number of carboxylic acid groups (broad SMARTS) is 2. The molecule has 0 aromatic rings. The van der Waals surface area contributed by atoms with Crippen LogP contribution in [0.4, 0.5) is 0 Å². The number of rotatable bonds is 42. The molecule has 5 fully saturated rings. The van der Waals surface area contributed by atoms with Gasteiger partial charge in [-0.2, -0.15) is 5.53 Å². The van der Waals surface area contributed by atoms with Crippen molar-refractivity contribution in [2.24, 2.45) is 109 Å². The molecular weight excluding hydrogens is 1760 g/mol. The minimum Gasteiger partial charge on any atom is -0.481 e. The number of primary amides is 2. The first-order valence-corrected chi connectivity index (χ1v) is 43.6. The van der Waals surface area contributed by atoms with Crippen LogP contribution in [0.3, 0.4) is 0 Å². The summed E-state index contributed by atoms with van der Waals surface area (Å²) in [4.78, 5) is 161. The molecule has 8 amide bonds. The van der Waals surface area contributed by atoms with Crippen LogP contribution in [0.15, 0.2) is 104 Å². The number of nitrogens with one attached hydrogen (secondary N) is 6. The number of esters is 4. The number of nitrogens with two attached hydrogens (primary N) is 3. The maximum atomic E-state index is 12.1. The number of carboxylic acids is 2. The average molecular weight is 1930 g/mol. The summed E-state index contributed by atoms with van der Waals surface area (Å²) in [5, 5.41) is 36.9. The molecule has 131 heavy (non-hydrogen) atoms. The number of likely N-dealkylation sites (N-methyl/N-ethyl adjacent to an activating group) is 3. The van der Waals surface area contributed by atoms with Gasteiger partial charge < -0.3 is 87.5 Å². The Morgan fingerprint density at radius 2 is 0.809 bits per heavy atom. The Morgan fingerprint density at radius 1 is 0.496 bits per heavy atom. The maximum absolute atomic E-state index is 12.1. The van der Waals surface area contributed by atoms with Crippen molar-refractivity contribution in [1.29, 1.82) is 5.53 Å². The standard InChI is InChI=1S/C14H25NO3.C13H23NO3.2C12H19NO3.C11H18N2O2.C10H17N3O2.C8H17NO2.C6H10O2.C5H10O.2CH4.ClHN4.2ClH/c1-7-8-11(4)13(16)15(5)12(9-10(2)3)14(17)18-6;1-6-7-10(4)12(15)14(5)11(13(16)17)8-9(2)3;2*1-4-5-10-7-9(11(14)13-10)6-8(2)12(15)16-3;1-3-4-9-6-8(11(15)13-9)5-7(2)10(12)14;1-2-3-7-4-6(10(15)13-7)5-8(11)9(12)14;1-6(2)5-7(9-3)8(10)11-4;1-3-4-5(2)6(7)8;1-5-3-2-4-6-5;;;1-3-5-4-2;;/h7,10-12H,1,8-9H2,2-6H3;6,9-11H,1,7-8H2,2-5H3,(H,16,17);2*4,8-10H,1,5-7H2,2-3H3,(H,13,14);3,7-9H,1,4-6H2,2H3,(H2,12,14)(H,13,15);2,6-8H,1,3-5,11H2,(H2,12,14)(H,13,15);6-7,9H,5H2,1-4H3;3,5H,1,4H2,2H3,(H,7,8);5H,2-4H2,1H3;2*1H4;2H;2*1H/t11-,12-;10-,11-;2*8-,9+,10+;7-,8+,9+;6-,7+,8-;7-;5-;;;;;;/m00000000....../s1. The van der Waals surface area contributed by atoms with Gasteiger partial charge >= 0.3 is 35.8 Å². The second-order valence-electron chi connectivity index (χ2n) is 33.5. The van der Waals surface area contributed by atoms with Crippen LogP contribution in [0.1, 0.15) is 233 Å². The third-order valence-corrected chi connectivity index (χ3v) is 20.9. The highest BCUT2D eigenvalue weighted by Crippen LogP contribution is 2.29. The molecule has 14 N–H and O–H groups in total. The summed E-state index contributed by atoms with van der Waals surface area (Å²) in [7, 11) is 10.5. The number of aliphatic carboxylic acids is 2. The first-order valence-electron chi connectivity index (χ1n) is 43.3. The Labute approximate surface area is 800 Å². The topological polar surface area (TPSA) is 531 Å². The molecule has 0 aromatic carbocycles. The molecule has 5 heterocycles. The molecule has 19 atom stereocenters. The van der Waals surface area contributed by atoms with E-state index in [9.17, 15) is 67.1 Å². The minimum absolute atomic E-state index is 0. The third-order valence-electron chi connectivity index (χ3n) is 20.8. The highest BCUT2D eigenvalue weighted by molar-refractivity contribution is 6.13. The summed E-state index contributed by atoms with van der Waals surface area (Å²) in [5.74, 6) is -4.43. The van der Waals surface area contributed by atoms with Gasteiger partial charge in [-0.15, -0.1) is 70.9 Å². The van der Waals surface area contributed by atoms with Crippen molar-refractivity contribution in [3.8, 4) is 0 Å². The molecule has 0 bridgehead atoms. The zero-order chi connectivity index (χ0) is 98.9. The van der Waals surface area contributed by atoms with E-state index >= 15 is 0 Å². The largest absolute Gasteiger partial charge is 0.481 e. The lowest BCUT2D eigenvalue weighted by Gasteiger charge is -2.29. The van der Waals surface area contributed by atoms with E-state index in [1.165, 1.54) is 51.1 Å². The van der Waals surface area contributed by atoms with Crippen LogP contribution in [0, 0.1) is 82.5 Å². The van der Waals surface area contributed by atoms with Gasteiger partial charge in [0.05, 0.1) is 70.1 Å². The number of allylic oxidation sites excluding steroid dienone is 3. The number of hydrogen-bond donors (Lipinski definition) is 11. The van der Waals surface area contributed by atoms with Crippen molar-refractivity contribution in [3.05, 3.63) is 88.6 Å². The zero-order valence-corrected chi connectivity index (χ0v) is 82.7. The average Bonchev–Trinajstić information content (AvgIpc) is 1.80. The van der Waals surface area contributed by atoms with Crippen LogP contribution < -0.4 is 43.8 Å². The fourth-order valence-electron chi connectivity index (χ4n) is 13.6. The van der Waals surface area contributed by atoms with E-state index in [-0.39, 0.29) is 200 Å². The quantitative estimate of drug-likeness (QED) is 0.00889. The molecule has 5 rings (SSSR count). The Bertz CT molecular complexity index is 3310. The molecule has 758 valence electrons. The lowest BCUT2D eigenvalue weighted by molar-refractivity contribution is -0.153. The smallest absolute Gasteiger partial charge is 0.328 e. The zero-order valence-electron chi connectivity index (χ0n) is 80.4. The maximum Gasteiger partial charge on any atom is 0.328 e. The van der Waals surface area contributed by atoms with Gasteiger partial charge in [0, 0.05) is 86.3 Å². The Morgan fingerprint density at radius 3 is 1.03 bits per heavy atom. The van der Waals surface area contributed by atoms with Gasteiger partial charge in [0.15, 0.2) is 0 Å². The van der Waals surface area contributed by atoms with Crippen molar-refractivity contribution >= 4 is 120 Å². The molecule has 0 saturated carbocycles. The van der Waals surface area contributed by atoms with E-state index in [1.54, 1.807) is 98.3 Å². The first-order chi connectivity index (χ1) is 59.5. The molecule has 1 unspecified atom stereocenters. The Hall–Kier alpha value is -9.29. The summed E-state index contributed by atoms with van der Waals surface area (Å²) in [6.07, 6.45) is 27.0. The van der Waals surface area contributed by atoms with Crippen molar-refractivity contribution in [2.75, 3.05) is 56.2 Å². The number of hydrogen-bond acceptors (Lipinski definition) is 23. The fraction of sp³-hybridized carbons (Fsp3) is 0.699. The molecule has 0 spiro atoms. The van der Waals surface area contributed by atoms with Crippen LogP contribution in [0.5, 0.6) is 0 Å². The van der Waals surface area contributed by atoms with Crippen molar-refractivity contribution in [2.45, 2.75) is 288 Å². The monoisotopic (exact) mass is 1920 g/mol. The molecule has 38 heteroatoms. The molecule has 0 aliphatic carbocycles. The van der Waals surface area contributed by atoms with Crippen LogP contribution in [0.2, 0.25) is 0 Å². The van der Waals surface area contributed by atoms with E-state index in [0.717, 1.165) is 58.0 Å². The SMILES string of the molecule is C.C.C=CC[C@@H]1C[C@@H](C[C@H](C)C(=O)OC)C(=O)N1.C=CC[C@@H]1C[C@@H](C[C@H](C)C(=O)OC)C(=O)N1.C=CC[C@@H]1C[C@@H](C[C@H](C)C(N)=O)C(=O)N1.C=CC[C@@H]1C[C@@H](C[C@H](N)C(N)=O)C(=O)N1.C=CC[C@H](C)C(=O)N(C)[C@@H](CC(C)C)C(=O)O.C=CC[C@H](C)C(=O)N(C)[C@@H](CC(C)C)C(=O)OC.C=CC[C@H](C)C(=O)O.CC1CCCO1.CN[C@@H](CC(C)C)C(=O)OC.Cl.Cl.N=NN=NCl. The van der Waals surface area contributed by atoms with Gasteiger partial charge in [0.1, 0.15) is 18.1 Å². The summed E-state index contributed by atoms with van der Waals surface area (Å²) in [6.45, 7) is 51.0. The van der Waals surface area contributed by atoms with Gasteiger partial charge in [0.2, 0.25) is 47.3 Å². The highest BCUT2D eigenvalue weighted by atomic mass is 35.5. The fourth-order valence-corrected chi connectivity index (χ4v) is 13.6. The van der Waals surface area contributed by atoms with E-state index in [0.29, 0.717) is 82.1 Å².